The molecule has 0 saturated carbocycles. The molecule has 0 bridgehead atoms. The number of aromatic nitrogens is 4. The summed E-state index contributed by atoms with van der Waals surface area (Å²) >= 11 is 0. The average Bonchev–Trinajstić information content (AvgIpc) is 2.80. The first-order valence-corrected chi connectivity index (χ1v) is 4.72. The first-order valence-electron chi connectivity index (χ1n) is 4.72. The zero-order valence-corrected chi connectivity index (χ0v) is 8.67. The van der Waals surface area contributed by atoms with E-state index in [0.717, 1.165) is 5.56 Å². The number of rotatable bonds is 4. The van der Waals surface area contributed by atoms with Crippen LogP contribution < -0.4 is 4.74 Å². The van der Waals surface area contributed by atoms with Crippen molar-refractivity contribution in [1.82, 2.24) is 20.6 Å². The Morgan fingerprint density at radius 3 is 2.69 bits per heavy atom. The van der Waals surface area contributed by atoms with Gasteiger partial charge in [-0.05, 0) is 36.4 Å². The zero-order chi connectivity index (χ0) is 11.4. The van der Waals surface area contributed by atoms with Gasteiger partial charge in [-0.25, -0.2) is 0 Å². The molecule has 0 aliphatic rings. The fourth-order valence-electron chi connectivity index (χ4n) is 1.17. The van der Waals surface area contributed by atoms with E-state index >= 15 is 0 Å². The fourth-order valence-corrected chi connectivity index (χ4v) is 1.17. The van der Waals surface area contributed by atoms with Gasteiger partial charge in [0.2, 0.25) is 5.82 Å². The summed E-state index contributed by atoms with van der Waals surface area (Å²) in [5.74, 6) is 1.16. The highest BCUT2D eigenvalue weighted by atomic mass is 16.5. The maximum Gasteiger partial charge on any atom is 0.204 e. The smallest absolute Gasteiger partial charge is 0.204 e. The van der Waals surface area contributed by atoms with Gasteiger partial charge in [-0.2, -0.15) is 5.21 Å². The Hall–Kier alpha value is -2.24. The molecule has 2 rings (SSSR count). The quantitative estimate of drug-likeness (QED) is 0.822. The molecule has 6 heteroatoms. The van der Waals surface area contributed by atoms with E-state index in [4.69, 9.17) is 4.74 Å². The topological polar surface area (TPSA) is 80.8 Å². The highest BCUT2D eigenvalue weighted by Gasteiger charge is 2.03. The van der Waals surface area contributed by atoms with Crippen molar-refractivity contribution in [1.29, 1.82) is 0 Å². The number of nitrogens with zero attached hydrogens (tertiary/aromatic N) is 3. The van der Waals surface area contributed by atoms with Crippen molar-refractivity contribution in [2.24, 2.45) is 0 Å². The highest BCUT2D eigenvalue weighted by Crippen LogP contribution is 2.18. The molecule has 16 heavy (non-hydrogen) atoms. The van der Waals surface area contributed by atoms with Crippen molar-refractivity contribution in [3.05, 3.63) is 24.3 Å². The van der Waals surface area contributed by atoms with E-state index in [1.165, 1.54) is 6.92 Å². The minimum absolute atomic E-state index is 0.0118. The monoisotopic (exact) mass is 218 g/mol. The van der Waals surface area contributed by atoms with Crippen molar-refractivity contribution in [3.8, 4) is 17.1 Å². The van der Waals surface area contributed by atoms with E-state index in [1.54, 1.807) is 24.3 Å². The summed E-state index contributed by atoms with van der Waals surface area (Å²) in [7, 11) is 0. The van der Waals surface area contributed by atoms with Gasteiger partial charge in [0.15, 0.2) is 5.78 Å². The number of nitrogens with one attached hydrogen (secondary N) is 1. The van der Waals surface area contributed by atoms with Crippen molar-refractivity contribution < 1.29 is 9.53 Å². The van der Waals surface area contributed by atoms with Gasteiger partial charge in [0, 0.05) is 5.56 Å². The van der Waals surface area contributed by atoms with E-state index in [-0.39, 0.29) is 12.4 Å². The van der Waals surface area contributed by atoms with Crippen LogP contribution in [0.3, 0.4) is 0 Å². The molecule has 0 atom stereocenters. The molecule has 0 aliphatic carbocycles. The van der Waals surface area contributed by atoms with Crippen molar-refractivity contribution in [2.75, 3.05) is 6.61 Å². The third-order valence-corrected chi connectivity index (χ3v) is 1.90. The van der Waals surface area contributed by atoms with Gasteiger partial charge in [-0.3, -0.25) is 4.79 Å². The Morgan fingerprint density at radius 1 is 1.38 bits per heavy atom. The molecule has 1 heterocycles. The molecule has 0 aliphatic heterocycles. The van der Waals surface area contributed by atoms with Crippen LogP contribution >= 0.6 is 0 Å². The number of carbonyl (C=O) groups excluding carboxylic acids is 1. The zero-order valence-electron chi connectivity index (χ0n) is 8.67. The summed E-state index contributed by atoms with van der Waals surface area (Å²) in [4.78, 5) is 10.7. The summed E-state index contributed by atoms with van der Waals surface area (Å²) in [6.07, 6.45) is 0. The SMILES string of the molecule is CC(=O)COc1ccc(-c2nn[nH]n2)cc1. The molecule has 6 nitrogen and oxygen atoms in total. The van der Waals surface area contributed by atoms with Crippen LogP contribution in [0.15, 0.2) is 24.3 Å². The van der Waals surface area contributed by atoms with Gasteiger partial charge in [-0.15, -0.1) is 10.2 Å². The number of carbonyl (C=O) groups is 1. The van der Waals surface area contributed by atoms with Crippen LogP contribution in [0, 0.1) is 0 Å². The molecule has 0 amide bonds. The van der Waals surface area contributed by atoms with Gasteiger partial charge < -0.3 is 4.74 Å². The molecule has 0 saturated heterocycles. The number of ketones is 1. The summed E-state index contributed by atoms with van der Waals surface area (Å²) < 4.78 is 5.23. The first kappa shape index (κ1) is 10.3. The Balaban J connectivity index is 2.08. The van der Waals surface area contributed by atoms with Crippen molar-refractivity contribution in [2.45, 2.75) is 6.92 Å². The maximum atomic E-state index is 10.7. The third kappa shape index (κ3) is 2.41. The van der Waals surface area contributed by atoms with Gasteiger partial charge in [0.05, 0.1) is 0 Å². The summed E-state index contributed by atoms with van der Waals surface area (Å²) in [5, 5.41) is 13.5. The highest BCUT2D eigenvalue weighted by molar-refractivity contribution is 5.77. The largest absolute Gasteiger partial charge is 0.486 e. The molecule has 0 unspecified atom stereocenters. The normalized spacial score (nSPS) is 10.1. The number of hydrogen-bond acceptors (Lipinski definition) is 5. The van der Waals surface area contributed by atoms with Crippen molar-refractivity contribution >= 4 is 5.78 Å². The second-order valence-corrected chi connectivity index (χ2v) is 3.25. The Labute approximate surface area is 91.6 Å². The maximum absolute atomic E-state index is 10.7. The molecule has 82 valence electrons. The van der Waals surface area contributed by atoms with Crippen LogP contribution in [0.4, 0.5) is 0 Å². The fraction of sp³-hybridized carbons (Fsp3) is 0.200. The van der Waals surface area contributed by atoms with Gasteiger partial charge in [0.25, 0.3) is 0 Å². The molecule has 1 N–H and O–H groups in total. The third-order valence-electron chi connectivity index (χ3n) is 1.90. The number of hydrogen-bond donors (Lipinski definition) is 1. The van der Waals surface area contributed by atoms with E-state index in [2.05, 4.69) is 20.6 Å². The number of H-pyrrole nitrogens is 1. The molecular formula is C10H10N4O2. The molecule has 0 fully saturated rings. The van der Waals surface area contributed by atoms with E-state index < -0.39 is 0 Å². The van der Waals surface area contributed by atoms with E-state index in [1.807, 2.05) is 0 Å². The number of tetrazole rings is 1. The molecule has 1 aromatic heterocycles. The number of Topliss-reactive ketones (excluding diaryl/α,β-unsaturated/α-hetero) is 1. The van der Waals surface area contributed by atoms with Crippen molar-refractivity contribution in [3.63, 3.8) is 0 Å². The first-order chi connectivity index (χ1) is 7.75. The molecular weight excluding hydrogens is 208 g/mol. The Morgan fingerprint density at radius 2 is 2.12 bits per heavy atom. The number of benzene rings is 1. The van der Waals surface area contributed by atoms with Crippen LogP contribution in [0.1, 0.15) is 6.92 Å². The standard InChI is InChI=1S/C10H10N4O2/c1-7(15)6-16-9-4-2-8(3-5-9)10-11-13-14-12-10/h2-5H,6H2,1H3,(H,11,12,13,14). The lowest BCUT2D eigenvalue weighted by atomic mass is 10.2. The lowest BCUT2D eigenvalue weighted by molar-refractivity contribution is -0.118. The molecule has 2 aromatic rings. The summed E-state index contributed by atoms with van der Waals surface area (Å²) in [6, 6.07) is 7.13. The second-order valence-electron chi connectivity index (χ2n) is 3.25. The Bertz CT molecular complexity index is 464. The molecule has 0 radical (unpaired) electrons. The van der Waals surface area contributed by atoms with E-state index in [0.29, 0.717) is 11.6 Å². The van der Waals surface area contributed by atoms with Crippen LogP contribution in [-0.4, -0.2) is 33.0 Å². The van der Waals surface area contributed by atoms with Gasteiger partial charge in [-0.1, -0.05) is 0 Å². The number of ether oxygens (including phenoxy) is 1. The predicted molar refractivity (Wildman–Crippen MR) is 55.8 cm³/mol. The van der Waals surface area contributed by atoms with Crippen LogP contribution in [0.2, 0.25) is 0 Å². The minimum atomic E-state index is -0.0118. The van der Waals surface area contributed by atoms with Gasteiger partial charge >= 0.3 is 0 Å². The second kappa shape index (κ2) is 4.52. The Kier molecular flexibility index (Phi) is 2.90. The van der Waals surface area contributed by atoms with Crippen LogP contribution in [0.5, 0.6) is 5.75 Å². The van der Waals surface area contributed by atoms with Gasteiger partial charge in [0.1, 0.15) is 12.4 Å². The van der Waals surface area contributed by atoms with Crippen LogP contribution in [-0.2, 0) is 4.79 Å². The average molecular weight is 218 g/mol. The lowest BCUT2D eigenvalue weighted by Gasteiger charge is -2.03. The minimum Gasteiger partial charge on any atom is -0.486 e. The van der Waals surface area contributed by atoms with Crippen LogP contribution in [0.25, 0.3) is 11.4 Å². The summed E-state index contributed by atoms with van der Waals surface area (Å²) in [6.45, 7) is 1.56. The predicted octanol–water partition coefficient (Wildman–Crippen LogP) is 0.834. The number of aromatic amines is 1. The summed E-state index contributed by atoms with van der Waals surface area (Å²) in [5.41, 5.74) is 0.837. The molecule has 0 spiro atoms. The lowest BCUT2D eigenvalue weighted by Crippen LogP contribution is -2.06. The van der Waals surface area contributed by atoms with E-state index in [9.17, 15) is 4.79 Å². The molecule has 1 aromatic carbocycles.